The number of benzene rings is 1. The molecule has 2 aromatic rings. The van der Waals surface area contributed by atoms with Crippen molar-refractivity contribution in [3.05, 3.63) is 53.6 Å². The molecule has 26 heavy (non-hydrogen) atoms. The number of imidazole rings is 1. The van der Waals surface area contributed by atoms with Gasteiger partial charge in [0, 0.05) is 38.3 Å². The van der Waals surface area contributed by atoms with Crippen LogP contribution in [0.25, 0.3) is 0 Å². The highest BCUT2D eigenvalue weighted by Crippen LogP contribution is 2.44. The van der Waals surface area contributed by atoms with Crippen LogP contribution in [0.4, 0.5) is 0 Å². The molecule has 2 heterocycles. The molecule has 1 amide bonds. The van der Waals surface area contributed by atoms with E-state index in [4.69, 9.17) is 5.73 Å². The topological polar surface area (TPSA) is 64.2 Å². The van der Waals surface area contributed by atoms with Crippen molar-refractivity contribution >= 4 is 5.91 Å². The van der Waals surface area contributed by atoms with E-state index in [1.165, 1.54) is 11.1 Å². The first-order valence-electron chi connectivity index (χ1n) is 9.60. The van der Waals surface area contributed by atoms with E-state index >= 15 is 0 Å². The van der Waals surface area contributed by atoms with E-state index in [0.717, 1.165) is 31.4 Å². The number of carbonyl (C=O) groups excluding carboxylic acids is 1. The van der Waals surface area contributed by atoms with Gasteiger partial charge in [-0.25, -0.2) is 4.98 Å². The molecule has 4 rings (SSSR count). The Kier molecular flexibility index (Phi) is 4.35. The minimum atomic E-state index is -0.371. The highest BCUT2D eigenvalue weighted by Gasteiger charge is 2.48. The van der Waals surface area contributed by atoms with Crippen LogP contribution in [0.15, 0.2) is 36.8 Å². The minimum Gasteiger partial charge on any atom is -0.340 e. The normalized spacial score (nSPS) is 25.0. The molecule has 2 atom stereocenters. The second kappa shape index (κ2) is 6.54. The molecule has 0 bridgehead atoms. The second-order valence-electron chi connectivity index (χ2n) is 8.05. The van der Waals surface area contributed by atoms with Crippen molar-refractivity contribution in [3.8, 4) is 0 Å². The number of likely N-dealkylation sites (tertiary alicyclic amines) is 1. The molecule has 1 aromatic carbocycles. The van der Waals surface area contributed by atoms with E-state index in [9.17, 15) is 4.79 Å². The second-order valence-corrected chi connectivity index (χ2v) is 8.05. The van der Waals surface area contributed by atoms with Crippen LogP contribution in [-0.4, -0.2) is 39.5 Å². The van der Waals surface area contributed by atoms with Gasteiger partial charge in [-0.15, -0.1) is 0 Å². The maximum Gasteiger partial charge on any atom is 0.233 e. The maximum atomic E-state index is 13.7. The summed E-state index contributed by atoms with van der Waals surface area (Å²) in [5.74, 6) is 0.383. The molecule has 2 N–H and O–H groups in total. The fraction of sp³-hybridized carbons (Fsp3) is 0.524. The molecule has 5 nitrogen and oxygen atoms in total. The first-order valence-corrected chi connectivity index (χ1v) is 9.60. The smallest absolute Gasteiger partial charge is 0.233 e. The summed E-state index contributed by atoms with van der Waals surface area (Å²) in [6.45, 7) is 3.41. The lowest BCUT2D eigenvalue weighted by Crippen LogP contribution is -2.45. The van der Waals surface area contributed by atoms with E-state index in [1.807, 2.05) is 22.7 Å². The van der Waals surface area contributed by atoms with Crippen LogP contribution in [0.2, 0.25) is 0 Å². The highest BCUT2D eigenvalue weighted by atomic mass is 16.2. The van der Waals surface area contributed by atoms with Crippen LogP contribution in [0, 0.1) is 6.92 Å². The fourth-order valence-electron chi connectivity index (χ4n) is 4.92. The first-order chi connectivity index (χ1) is 12.5. The number of nitrogens with two attached hydrogens (primary N) is 1. The zero-order valence-corrected chi connectivity index (χ0v) is 15.7. The lowest BCUT2D eigenvalue weighted by molar-refractivity contribution is -0.136. The standard InChI is InChI=1S/C21H28N4O/c1-15-7-3-4-8-17(15)21(9-5-6-10-21)20(26)25-11-16(18(22)12-25)19-13-24(2)14-23-19/h3-4,7-8,13-14,16,18H,5-6,9-12,22H2,1-2H3/t16-,18-/m1/s1. The summed E-state index contributed by atoms with van der Waals surface area (Å²) >= 11 is 0. The lowest BCUT2D eigenvalue weighted by Gasteiger charge is -2.34. The predicted molar refractivity (Wildman–Crippen MR) is 102 cm³/mol. The number of rotatable bonds is 3. The van der Waals surface area contributed by atoms with E-state index in [0.29, 0.717) is 13.1 Å². The van der Waals surface area contributed by atoms with Crippen molar-refractivity contribution < 1.29 is 4.79 Å². The van der Waals surface area contributed by atoms with Crippen LogP contribution < -0.4 is 5.73 Å². The quantitative estimate of drug-likeness (QED) is 0.923. The number of nitrogens with zero attached hydrogens (tertiary/aromatic N) is 3. The van der Waals surface area contributed by atoms with Gasteiger partial charge >= 0.3 is 0 Å². The third kappa shape index (κ3) is 2.75. The monoisotopic (exact) mass is 352 g/mol. The molecule has 1 saturated heterocycles. The van der Waals surface area contributed by atoms with Crippen molar-refractivity contribution in [2.75, 3.05) is 13.1 Å². The third-order valence-electron chi connectivity index (χ3n) is 6.28. The summed E-state index contributed by atoms with van der Waals surface area (Å²) in [5.41, 5.74) is 9.46. The van der Waals surface area contributed by atoms with Gasteiger partial charge in [0.2, 0.25) is 5.91 Å². The van der Waals surface area contributed by atoms with E-state index in [1.54, 1.807) is 6.33 Å². The highest BCUT2D eigenvalue weighted by molar-refractivity contribution is 5.89. The first kappa shape index (κ1) is 17.3. The van der Waals surface area contributed by atoms with Crippen LogP contribution in [-0.2, 0) is 17.3 Å². The van der Waals surface area contributed by atoms with Crippen molar-refractivity contribution in [3.63, 3.8) is 0 Å². The van der Waals surface area contributed by atoms with Crippen LogP contribution in [0.5, 0.6) is 0 Å². The summed E-state index contributed by atoms with van der Waals surface area (Å²) in [7, 11) is 1.96. The zero-order chi connectivity index (χ0) is 18.3. The molecule has 1 aliphatic heterocycles. The van der Waals surface area contributed by atoms with Gasteiger partial charge in [0.1, 0.15) is 0 Å². The van der Waals surface area contributed by atoms with E-state index in [2.05, 4.69) is 36.2 Å². The summed E-state index contributed by atoms with van der Waals surface area (Å²) in [6, 6.07) is 8.32. The molecule has 2 aliphatic rings. The minimum absolute atomic E-state index is 0.0517. The Labute approximate surface area is 155 Å². The Morgan fingerprint density at radius 1 is 1.23 bits per heavy atom. The predicted octanol–water partition coefficient (Wildman–Crippen LogP) is 2.49. The number of amides is 1. The molecule has 1 aromatic heterocycles. The molecule has 0 unspecified atom stereocenters. The molecular formula is C21H28N4O. The molecule has 138 valence electrons. The number of aryl methyl sites for hydroxylation is 2. The summed E-state index contributed by atoms with van der Waals surface area (Å²) < 4.78 is 1.94. The summed E-state index contributed by atoms with van der Waals surface area (Å²) in [6.07, 6.45) is 7.93. The average Bonchev–Trinajstić information content (AvgIpc) is 3.35. The number of hydrogen-bond acceptors (Lipinski definition) is 3. The molecule has 0 radical (unpaired) electrons. The van der Waals surface area contributed by atoms with Crippen LogP contribution in [0.3, 0.4) is 0 Å². The van der Waals surface area contributed by atoms with Crippen molar-refractivity contribution in [1.82, 2.24) is 14.5 Å². The SMILES string of the molecule is Cc1ccccc1C1(C(=O)N2C[C@@H](N)[C@H](c3cn(C)cn3)C2)CCCC1. The molecular weight excluding hydrogens is 324 g/mol. The number of aromatic nitrogens is 2. The fourth-order valence-corrected chi connectivity index (χ4v) is 4.92. The maximum absolute atomic E-state index is 13.7. The Bertz CT molecular complexity index is 806. The van der Waals surface area contributed by atoms with Gasteiger partial charge in [0.25, 0.3) is 0 Å². The van der Waals surface area contributed by atoms with E-state index < -0.39 is 0 Å². The van der Waals surface area contributed by atoms with Gasteiger partial charge in [-0.2, -0.15) is 0 Å². The molecule has 0 spiro atoms. The van der Waals surface area contributed by atoms with Gasteiger partial charge in [0.15, 0.2) is 0 Å². The molecule has 1 aliphatic carbocycles. The average molecular weight is 352 g/mol. The van der Waals surface area contributed by atoms with Crippen LogP contribution in [0.1, 0.15) is 48.4 Å². The zero-order valence-electron chi connectivity index (χ0n) is 15.7. The molecule has 1 saturated carbocycles. The Morgan fingerprint density at radius 3 is 2.62 bits per heavy atom. The Balaban J connectivity index is 1.63. The summed E-state index contributed by atoms with van der Waals surface area (Å²) in [5, 5.41) is 0. The van der Waals surface area contributed by atoms with Gasteiger partial charge < -0.3 is 15.2 Å². The number of carbonyl (C=O) groups is 1. The number of hydrogen-bond donors (Lipinski definition) is 1. The van der Waals surface area contributed by atoms with Crippen LogP contribution >= 0.6 is 0 Å². The van der Waals surface area contributed by atoms with Gasteiger partial charge in [0.05, 0.1) is 17.4 Å². The van der Waals surface area contributed by atoms with E-state index in [-0.39, 0.29) is 23.3 Å². The Morgan fingerprint density at radius 2 is 1.96 bits per heavy atom. The third-order valence-corrected chi connectivity index (χ3v) is 6.28. The summed E-state index contributed by atoms with van der Waals surface area (Å²) in [4.78, 5) is 20.2. The van der Waals surface area contributed by atoms with Gasteiger partial charge in [-0.1, -0.05) is 37.1 Å². The lowest BCUT2D eigenvalue weighted by atomic mass is 9.75. The molecule has 2 fully saturated rings. The molecule has 5 heteroatoms. The van der Waals surface area contributed by atoms with Gasteiger partial charge in [-0.3, -0.25) is 4.79 Å². The van der Waals surface area contributed by atoms with Crippen molar-refractivity contribution in [2.24, 2.45) is 12.8 Å². The van der Waals surface area contributed by atoms with Crippen molar-refractivity contribution in [2.45, 2.75) is 50.0 Å². The van der Waals surface area contributed by atoms with Crippen molar-refractivity contribution in [1.29, 1.82) is 0 Å². The van der Waals surface area contributed by atoms with Gasteiger partial charge in [-0.05, 0) is 30.9 Å². The largest absolute Gasteiger partial charge is 0.340 e. The Hall–Kier alpha value is -2.14.